The van der Waals surface area contributed by atoms with Crippen LogP contribution < -0.4 is 9.47 Å². The lowest BCUT2D eigenvalue weighted by atomic mass is 10.2. The molecule has 0 aliphatic heterocycles. The first-order chi connectivity index (χ1) is 20.7. The molecule has 0 radical (unpaired) electrons. The number of rotatable bonds is 8. The molecular formula is C32H26N6O2S2. The molecule has 4 aromatic carbocycles. The third-order valence-electron chi connectivity index (χ3n) is 5.75. The summed E-state index contributed by atoms with van der Waals surface area (Å²) in [7, 11) is 3.30. The third-order valence-corrected chi connectivity index (χ3v) is 7.51. The molecule has 0 fully saturated rings. The summed E-state index contributed by atoms with van der Waals surface area (Å²) in [6, 6.07) is 35.3. The second-order valence-electron chi connectivity index (χ2n) is 8.57. The van der Waals surface area contributed by atoms with Gasteiger partial charge in [-0.05, 0) is 59.7 Å². The van der Waals surface area contributed by atoms with Crippen molar-refractivity contribution in [3.63, 3.8) is 0 Å². The molecule has 0 aliphatic rings. The Kier molecular flexibility index (Phi) is 9.85. The molecule has 2 heterocycles. The van der Waals surface area contributed by atoms with Crippen LogP contribution in [0.4, 0.5) is 10.3 Å². The second-order valence-corrected chi connectivity index (χ2v) is 10.5. The summed E-state index contributed by atoms with van der Waals surface area (Å²) in [5.41, 5.74) is 4.10. The zero-order chi connectivity index (χ0) is 29.0. The lowest BCUT2D eigenvalue weighted by molar-refractivity contribution is 0.415. The largest absolute Gasteiger partial charge is 0.497 e. The number of aromatic nitrogens is 4. The summed E-state index contributed by atoms with van der Waals surface area (Å²) >= 11 is 2.92. The van der Waals surface area contributed by atoms with Gasteiger partial charge in [0, 0.05) is 23.6 Å². The molecule has 6 rings (SSSR count). The lowest BCUT2D eigenvalue weighted by Crippen LogP contribution is -1.82. The van der Waals surface area contributed by atoms with E-state index in [1.54, 1.807) is 26.6 Å². The highest BCUT2D eigenvalue weighted by molar-refractivity contribution is 7.18. The summed E-state index contributed by atoms with van der Waals surface area (Å²) in [4.78, 5) is 8.70. The maximum Gasteiger partial charge on any atom is 0.231 e. The highest BCUT2D eigenvalue weighted by Gasteiger charge is 2.07. The van der Waals surface area contributed by atoms with Crippen LogP contribution in [0.5, 0.6) is 11.5 Å². The van der Waals surface area contributed by atoms with Gasteiger partial charge in [0.15, 0.2) is 0 Å². The molecule has 0 amide bonds. The first-order valence-electron chi connectivity index (χ1n) is 12.8. The van der Waals surface area contributed by atoms with Crippen molar-refractivity contribution < 1.29 is 9.47 Å². The van der Waals surface area contributed by atoms with Gasteiger partial charge in [-0.3, -0.25) is 0 Å². The topological polar surface area (TPSA) is 94.7 Å². The van der Waals surface area contributed by atoms with Gasteiger partial charge in [0.1, 0.15) is 21.5 Å². The summed E-state index contributed by atoms with van der Waals surface area (Å²) in [5, 5.41) is 19.5. The summed E-state index contributed by atoms with van der Waals surface area (Å²) in [5.74, 6) is 1.65. The fraction of sp³-hybridized carbons (Fsp3) is 0.0625. The molecule has 0 bridgehead atoms. The average Bonchev–Trinajstić information content (AvgIpc) is 3.75. The van der Waals surface area contributed by atoms with Gasteiger partial charge < -0.3 is 9.47 Å². The monoisotopic (exact) mass is 590 g/mol. The Hall–Kier alpha value is -5.06. The highest BCUT2D eigenvalue weighted by Crippen LogP contribution is 2.30. The van der Waals surface area contributed by atoms with E-state index in [9.17, 15) is 0 Å². The highest BCUT2D eigenvalue weighted by atomic mass is 32.1. The number of benzene rings is 4. The Morgan fingerprint density at radius 1 is 0.500 bits per heavy atom. The van der Waals surface area contributed by atoms with E-state index in [0.29, 0.717) is 10.3 Å². The first-order valence-corrected chi connectivity index (χ1v) is 14.5. The van der Waals surface area contributed by atoms with E-state index >= 15 is 0 Å². The molecule has 42 heavy (non-hydrogen) atoms. The van der Waals surface area contributed by atoms with Crippen molar-refractivity contribution in [3.8, 4) is 32.6 Å². The predicted octanol–water partition coefficient (Wildman–Crippen LogP) is 7.93. The van der Waals surface area contributed by atoms with E-state index in [2.05, 4.69) is 30.4 Å². The normalized spacial score (nSPS) is 10.9. The molecule has 0 spiro atoms. The third kappa shape index (κ3) is 8.00. The minimum Gasteiger partial charge on any atom is -0.497 e. The van der Waals surface area contributed by atoms with E-state index in [-0.39, 0.29) is 0 Å². The molecule has 6 aromatic rings. The minimum atomic E-state index is 0.643. The van der Waals surface area contributed by atoms with Crippen LogP contribution >= 0.6 is 22.7 Å². The Labute approximate surface area is 251 Å². The zero-order valence-corrected chi connectivity index (χ0v) is 24.5. The molecule has 0 N–H and O–H groups in total. The molecule has 0 atom stereocenters. The fourth-order valence-corrected chi connectivity index (χ4v) is 4.96. The first kappa shape index (κ1) is 28.5. The smallest absolute Gasteiger partial charge is 0.231 e. The van der Waals surface area contributed by atoms with Crippen LogP contribution in [-0.4, -0.2) is 47.0 Å². The van der Waals surface area contributed by atoms with Crippen LogP contribution in [-0.2, 0) is 0 Å². The van der Waals surface area contributed by atoms with E-state index in [4.69, 9.17) is 9.47 Å². The number of hydrogen-bond donors (Lipinski definition) is 0. The number of nitrogens with zero attached hydrogens (tertiary/aromatic N) is 6. The molecule has 10 heteroatoms. The van der Waals surface area contributed by atoms with E-state index in [0.717, 1.165) is 43.8 Å². The Morgan fingerprint density at radius 3 is 1.24 bits per heavy atom. The van der Waals surface area contributed by atoms with Crippen molar-refractivity contribution in [1.82, 2.24) is 20.4 Å². The number of aliphatic imine (C=N–C) groups is 2. The van der Waals surface area contributed by atoms with Crippen LogP contribution in [0.25, 0.3) is 21.1 Å². The quantitative estimate of drug-likeness (QED) is 0.167. The molecular weight excluding hydrogens is 565 g/mol. The van der Waals surface area contributed by atoms with Gasteiger partial charge in [0.05, 0.1) is 14.2 Å². The summed E-state index contributed by atoms with van der Waals surface area (Å²) < 4.78 is 10.3. The van der Waals surface area contributed by atoms with Crippen molar-refractivity contribution in [3.05, 3.63) is 120 Å². The number of methoxy groups -OCH3 is 2. The van der Waals surface area contributed by atoms with Crippen LogP contribution in [0.2, 0.25) is 0 Å². The summed E-state index contributed by atoms with van der Waals surface area (Å²) in [6.45, 7) is 0. The molecule has 0 unspecified atom stereocenters. The van der Waals surface area contributed by atoms with Crippen LogP contribution in [0.1, 0.15) is 11.1 Å². The van der Waals surface area contributed by atoms with Crippen molar-refractivity contribution in [2.45, 2.75) is 0 Å². The van der Waals surface area contributed by atoms with Crippen LogP contribution in [0.15, 0.2) is 119 Å². The van der Waals surface area contributed by atoms with Crippen molar-refractivity contribution >= 4 is 45.4 Å². The molecule has 208 valence electrons. The van der Waals surface area contributed by atoms with Crippen molar-refractivity contribution in [2.75, 3.05) is 14.2 Å². The maximum absolute atomic E-state index is 5.14. The Bertz CT molecular complexity index is 1600. The summed E-state index contributed by atoms with van der Waals surface area (Å²) in [6.07, 6.45) is 3.58. The van der Waals surface area contributed by atoms with Gasteiger partial charge in [0.25, 0.3) is 0 Å². The number of hydrogen-bond acceptors (Lipinski definition) is 10. The molecule has 0 saturated carbocycles. The minimum absolute atomic E-state index is 0.643. The number of ether oxygens (including phenoxy) is 2. The fourth-order valence-electron chi connectivity index (χ4n) is 3.57. The van der Waals surface area contributed by atoms with E-state index in [1.165, 1.54) is 22.7 Å². The van der Waals surface area contributed by atoms with Crippen LogP contribution in [0.3, 0.4) is 0 Å². The maximum atomic E-state index is 5.14. The van der Waals surface area contributed by atoms with Crippen molar-refractivity contribution in [2.24, 2.45) is 9.98 Å². The van der Waals surface area contributed by atoms with Crippen molar-refractivity contribution in [1.29, 1.82) is 0 Å². The molecule has 0 aliphatic carbocycles. The lowest BCUT2D eigenvalue weighted by Gasteiger charge is -1.99. The second kappa shape index (κ2) is 14.5. The van der Waals surface area contributed by atoms with Gasteiger partial charge in [-0.1, -0.05) is 83.3 Å². The molecule has 0 saturated heterocycles. The Balaban J connectivity index is 0.000000168. The predicted molar refractivity (Wildman–Crippen MR) is 171 cm³/mol. The van der Waals surface area contributed by atoms with E-state index in [1.807, 2.05) is 109 Å². The average molecular weight is 591 g/mol. The Morgan fingerprint density at radius 2 is 0.881 bits per heavy atom. The van der Waals surface area contributed by atoms with Gasteiger partial charge in [0.2, 0.25) is 10.3 Å². The van der Waals surface area contributed by atoms with Gasteiger partial charge in [-0.25, -0.2) is 9.98 Å². The van der Waals surface area contributed by atoms with Gasteiger partial charge in [-0.15, -0.1) is 20.4 Å². The van der Waals surface area contributed by atoms with Gasteiger partial charge in [-0.2, -0.15) is 0 Å². The molecule has 2 aromatic heterocycles. The SMILES string of the molecule is COc1ccc(-c2nnc(/N=C/c3ccccc3)s2)cc1.COc1ccc(-c2nnc(/N=C/c3ccccc3)s2)cc1. The van der Waals surface area contributed by atoms with Crippen LogP contribution in [0, 0.1) is 0 Å². The van der Waals surface area contributed by atoms with E-state index < -0.39 is 0 Å². The zero-order valence-electron chi connectivity index (χ0n) is 22.9. The standard InChI is InChI=1S/2C16H13N3OS/c2*1-20-14-9-7-13(8-10-14)15-18-19-16(21-15)17-11-12-5-3-2-4-6-12/h2*2-11H,1H3/b2*17-11+. The van der Waals surface area contributed by atoms with Gasteiger partial charge >= 0.3 is 0 Å². The molecule has 8 nitrogen and oxygen atoms in total.